The number of nitrogens with one attached hydrogen (secondary N) is 2. The molecular weight excluding hydrogens is 461 g/mol. The van der Waals surface area contributed by atoms with Gasteiger partial charge in [-0.15, -0.1) is 11.3 Å². The molecule has 5 rings (SSSR count). The average molecular weight is 476 g/mol. The maximum absolute atomic E-state index is 13.3. The standard InChI is InChI=1S/C24H15ClFN5OS/c25-20-11-17(4-6-21(20)32-13-15-2-1-3-16(26)10-15)31-23-19-12-18(33-24(19)30-14-29-23)5-7-22-27-8-9-28-22/h1-4,6,8-12,14H,13H2,(H,27,28)(H,29,30,31). The number of fused-ring (bicyclic) bond motifs is 1. The Balaban J connectivity index is 1.33. The molecule has 0 aliphatic rings. The summed E-state index contributed by atoms with van der Waals surface area (Å²) in [7, 11) is 0. The predicted octanol–water partition coefficient (Wildman–Crippen LogP) is 5.93. The molecule has 162 valence electrons. The molecule has 9 heteroatoms. The molecule has 0 fully saturated rings. The van der Waals surface area contributed by atoms with Crippen LogP contribution in [0.2, 0.25) is 5.02 Å². The number of nitrogens with zero attached hydrogens (tertiary/aromatic N) is 3. The van der Waals surface area contributed by atoms with Crippen LogP contribution in [0.15, 0.2) is 67.3 Å². The first-order valence-corrected chi connectivity index (χ1v) is 11.0. The molecule has 0 aliphatic heterocycles. The van der Waals surface area contributed by atoms with E-state index in [-0.39, 0.29) is 12.4 Å². The molecule has 0 radical (unpaired) electrons. The van der Waals surface area contributed by atoms with E-state index in [0.717, 1.165) is 26.3 Å². The van der Waals surface area contributed by atoms with Crippen LogP contribution in [0.4, 0.5) is 15.9 Å². The molecule has 0 bridgehead atoms. The number of aromatic amines is 1. The number of aromatic nitrogens is 4. The number of rotatable bonds is 5. The summed E-state index contributed by atoms with van der Waals surface area (Å²) in [5, 5.41) is 4.56. The number of anilines is 2. The molecule has 2 aromatic carbocycles. The van der Waals surface area contributed by atoms with Crippen molar-refractivity contribution in [1.82, 2.24) is 19.9 Å². The molecular formula is C24H15ClFN5OS. The van der Waals surface area contributed by atoms with Crippen molar-refractivity contribution in [2.75, 3.05) is 5.32 Å². The van der Waals surface area contributed by atoms with Crippen molar-refractivity contribution in [3.05, 3.63) is 94.4 Å². The highest BCUT2D eigenvalue weighted by Crippen LogP contribution is 2.33. The first-order valence-electron chi connectivity index (χ1n) is 9.84. The van der Waals surface area contributed by atoms with Crippen molar-refractivity contribution in [3.8, 4) is 17.6 Å². The summed E-state index contributed by atoms with van der Waals surface area (Å²) >= 11 is 7.88. The zero-order chi connectivity index (χ0) is 22.6. The van der Waals surface area contributed by atoms with Gasteiger partial charge in [-0.2, -0.15) is 0 Å². The topological polar surface area (TPSA) is 75.7 Å². The maximum atomic E-state index is 13.3. The van der Waals surface area contributed by atoms with Gasteiger partial charge in [0.25, 0.3) is 0 Å². The second-order valence-electron chi connectivity index (χ2n) is 6.93. The minimum Gasteiger partial charge on any atom is -0.487 e. The minimum atomic E-state index is -0.304. The lowest BCUT2D eigenvalue weighted by molar-refractivity contribution is 0.306. The molecule has 2 N–H and O–H groups in total. The van der Waals surface area contributed by atoms with Crippen LogP contribution in [-0.4, -0.2) is 19.9 Å². The smallest absolute Gasteiger partial charge is 0.183 e. The van der Waals surface area contributed by atoms with Gasteiger partial charge in [0, 0.05) is 18.1 Å². The third-order valence-corrected chi connectivity index (χ3v) is 5.86. The van der Waals surface area contributed by atoms with Crippen LogP contribution in [0.5, 0.6) is 5.75 Å². The molecule has 0 spiro atoms. The molecule has 0 unspecified atom stereocenters. The molecule has 6 nitrogen and oxygen atoms in total. The average Bonchev–Trinajstić information content (AvgIpc) is 3.47. The zero-order valence-electron chi connectivity index (χ0n) is 17.0. The largest absolute Gasteiger partial charge is 0.487 e. The van der Waals surface area contributed by atoms with Crippen molar-refractivity contribution in [3.63, 3.8) is 0 Å². The van der Waals surface area contributed by atoms with Crippen molar-refractivity contribution >= 4 is 44.7 Å². The normalized spacial score (nSPS) is 10.6. The fourth-order valence-electron chi connectivity index (χ4n) is 3.09. The van der Waals surface area contributed by atoms with E-state index in [1.807, 2.05) is 12.1 Å². The Morgan fingerprint density at radius 3 is 2.85 bits per heavy atom. The summed E-state index contributed by atoms with van der Waals surface area (Å²) in [6, 6.07) is 13.5. The lowest BCUT2D eigenvalue weighted by Crippen LogP contribution is -1.98. The Kier molecular flexibility index (Phi) is 5.89. The van der Waals surface area contributed by atoms with Gasteiger partial charge in [0.05, 0.1) is 15.3 Å². The Labute approximate surface area is 197 Å². The highest BCUT2D eigenvalue weighted by Gasteiger charge is 2.10. The summed E-state index contributed by atoms with van der Waals surface area (Å²) in [5.41, 5.74) is 1.47. The van der Waals surface area contributed by atoms with Crippen LogP contribution in [0.3, 0.4) is 0 Å². The number of hydrogen-bond acceptors (Lipinski definition) is 6. The van der Waals surface area contributed by atoms with E-state index in [2.05, 4.69) is 37.1 Å². The maximum Gasteiger partial charge on any atom is 0.183 e. The van der Waals surface area contributed by atoms with Crippen molar-refractivity contribution in [1.29, 1.82) is 0 Å². The van der Waals surface area contributed by atoms with Gasteiger partial charge >= 0.3 is 0 Å². The number of H-pyrrole nitrogens is 1. The van der Waals surface area contributed by atoms with E-state index in [0.29, 0.717) is 22.4 Å². The predicted molar refractivity (Wildman–Crippen MR) is 127 cm³/mol. The SMILES string of the molecule is Fc1cccc(COc2ccc(Nc3ncnc4sc(C#Cc5ncc[nH]5)cc34)cc2Cl)c1. The molecule has 3 aromatic heterocycles. The minimum absolute atomic E-state index is 0.216. The quantitative estimate of drug-likeness (QED) is 0.308. The van der Waals surface area contributed by atoms with Gasteiger partial charge < -0.3 is 15.0 Å². The monoisotopic (exact) mass is 475 g/mol. The summed E-state index contributed by atoms with van der Waals surface area (Å²) in [6.45, 7) is 0.216. The molecule has 0 saturated heterocycles. The Bertz CT molecular complexity index is 1490. The van der Waals surface area contributed by atoms with Gasteiger partial charge in [0.2, 0.25) is 0 Å². The van der Waals surface area contributed by atoms with Crippen LogP contribution in [0, 0.1) is 17.7 Å². The molecule has 33 heavy (non-hydrogen) atoms. The van der Waals surface area contributed by atoms with Crippen LogP contribution in [0.25, 0.3) is 10.2 Å². The highest BCUT2D eigenvalue weighted by atomic mass is 35.5. The summed E-state index contributed by atoms with van der Waals surface area (Å²) < 4.78 is 19.1. The summed E-state index contributed by atoms with van der Waals surface area (Å²) in [5.74, 6) is 7.53. The lowest BCUT2D eigenvalue weighted by Gasteiger charge is -2.11. The fraction of sp³-hybridized carbons (Fsp3) is 0.0417. The molecule has 3 heterocycles. The van der Waals surface area contributed by atoms with Gasteiger partial charge in [-0.1, -0.05) is 23.7 Å². The second kappa shape index (κ2) is 9.28. The van der Waals surface area contributed by atoms with Crippen LogP contribution >= 0.6 is 22.9 Å². The Morgan fingerprint density at radius 2 is 2.03 bits per heavy atom. The molecule has 0 atom stereocenters. The Morgan fingerprint density at radius 1 is 1.09 bits per heavy atom. The Hall–Kier alpha value is -3.93. The zero-order valence-corrected chi connectivity index (χ0v) is 18.5. The third-order valence-electron chi connectivity index (χ3n) is 4.61. The number of hydrogen-bond donors (Lipinski definition) is 2. The summed E-state index contributed by atoms with van der Waals surface area (Å²) in [6.07, 6.45) is 4.89. The highest BCUT2D eigenvalue weighted by molar-refractivity contribution is 7.19. The molecule has 0 amide bonds. The number of halogens is 2. The lowest BCUT2D eigenvalue weighted by atomic mass is 10.2. The van der Waals surface area contributed by atoms with Crippen LogP contribution < -0.4 is 10.1 Å². The third kappa shape index (κ3) is 4.95. The van der Waals surface area contributed by atoms with Gasteiger partial charge in [0.1, 0.15) is 35.1 Å². The number of imidazole rings is 1. The first-order chi connectivity index (χ1) is 16.1. The number of benzene rings is 2. The van der Waals surface area contributed by atoms with E-state index >= 15 is 0 Å². The van der Waals surface area contributed by atoms with E-state index < -0.39 is 0 Å². The van der Waals surface area contributed by atoms with E-state index in [1.54, 1.807) is 36.7 Å². The van der Waals surface area contributed by atoms with Crippen molar-refractivity contribution in [2.24, 2.45) is 0 Å². The van der Waals surface area contributed by atoms with E-state index in [4.69, 9.17) is 16.3 Å². The number of thiophene rings is 1. The molecule has 0 saturated carbocycles. The van der Waals surface area contributed by atoms with Crippen LogP contribution in [0.1, 0.15) is 16.3 Å². The number of ether oxygens (including phenoxy) is 1. The van der Waals surface area contributed by atoms with Crippen molar-refractivity contribution < 1.29 is 9.13 Å². The van der Waals surface area contributed by atoms with Crippen molar-refractivity contribution in [2.45, 2.75) is 6.61 Å². The van der Waals surface area contributed by atoms with Gasteiger partial charge in [-0.25, -0.2) is 19.3 Å². The van der Waals surface area contributed by atoms with Gasteiger partial charge in [-0.05, 0) is 53.8 Å². The molecule has 5 aromatic rings. The van der Waals surface area contributed by atoms with Gasteiger partial charge in [0.15, 0.2) is 5.82 Å². The first kappa shape index (κ1) is 20.9. The molecule has 0 aliphatic carbocycles. The second-order valence-corrected chi connectivity index (χ2v) is 8.37. The fourth-order valence-corrected chi connectivity index (χ4v) is 4.18. The van der Waals surface area contributed by atoms with Crippen LogP contribution in [-0.2, 0) is 6.61 Å². The van der Waals surface area contributed by atoms with Gasteiger partial charge in [-0.3, -0.25) is 0 Å². The van der Waals surface area contributed by atoms with E-state index in [1.165, 1.54) is 29.8 Å². The summed E-state index contributed by atoms with van der Waals surface area (Å²) in [4.78, 5) is 17.4. The van der Waals surface area contributed by atoms with E-state index in [9.17, 15) is 4.39 Å².